The first-order valence-electron chi connectivity index (χ1n) is 6.82. The third-order valence-electron chi connectivity index (χ3n) is 3.13. The molecule has 110 valence electrons. The summed E-state index contributed by atoms with van der Waals surface area (Å²) in [4.78, 5) is 27.6. The van der Waals surface area contributed by atoms with Gasteiger partial charge in [-0.3, -0.25) is 4.79 Å². The molecule has 0 aliphatic rings. The van der Waals surface area contributed by atoms with Crippen LogP contribution in [0, 0.1) is 0 Å². The van der Waals surface area contributed by atoms with Crippen LogP contribution in [0.1, 0.15) is 25.5 Å². The maximum Gasteiger partial charge on any atom is 0.317 e. The number of urea groups is 1. The molecule has 0 fully saturated rings. The summed E-state index contributed by atoms with van der Waals surface area (Å²) in [7, 11) is 3.30. The molecule has 0 spiro atoms. The molecule has 0 aliphatic carbocycles. The van der Waals surface area contributed by atoms with Crippen molar-refractivity contribution < 1.29 is 9.59 Å². The number of likely N-dealkylation sites (N-methyl/N-ethyl adjacent to an activating group) is 1. The molecule has 1 rings (SSSR count). The Morgan fingerprint density at radius 2 is 1.65 bits per heavy atom. The van der Waals surface area contributed by atoms with Crippen molar-refractivity contribution in [2.45, 2.75) is 19.9 Å². The van der Waals surface area contributed by atoms with Gasteiger partial charge < -0.3 is 15.1 Å². The van der Waals surface area contributed by atoms with Crippen molar-refractivity contribution in [2.75, 3.05) is 27.2 Å². The van der Waals surface area contributed by atoms with E-state index in [0.717, 1.165) is 5.56 Å². The van der Waals surface area contributed by atoms with Gasteiger partial charge in [-0.1, -0.05) is 30.3 Å². The number of nitrogens with one attached hydrogen (secondary N) is 1. The first-order valence-corrected chi connectivity index (χ1v) is 6.82. The van der Waals surface area contributed by atoms with Gasteiger partial charge in [0.15, 0.2) is 0 Å². The summed E-state index contributed by atoms with van der Waals surface area (Å²) in [6.45, 7) is 5.10. The third kappa shape index (κ3) is 3.98. The van der Waals surface area contributed by atoms with Gasteiger partial charge in [0, 0.05) is 27.2 Å². The van der Waals surface area contributed by atoms with E-state index in [1.165, 1.54) is 4.90 Å². The number of amides is 3. The molecule has 0 unspecified atom stereocenters. The normalized spacial score (nSPS) is 11.6. The monoisotopic (exact) mass is 277 g/mol. The van der Waals surface area contributed by atoms with E-state index in [9.17, 15) is 9.59 Å². The Balaban J connectivity index is 3.02. The van der Waals surface area contributed by atoms with Crippen molar-refractivity contribution in [2.24, 2.45) is 0 Å². The summed E-state index contributed by atoms with van der Waals surface area (Å²) in [6, 6.07) is 8.38. The van der Waals surface area contributed by atoms with Crippen LogP contribution in [0.25, 0.3) is 0 Å². The van der Waals surface area contributed by atoms with E-state index in [0.29, 0.717) is 13.1 Å². The minimum absolute atomic E-state index is 0.0867. The van der Waals surface area contributed by atoms with Crippen LogP contribution in [-0.4, -0.2) is 48.9 Å². The standard InChI is InChI=1S/C15H23N3O2/c1-5-18(6-2)14(19)13(16-15(20)17(3)4)12-10-8-7-9-11-12/h7-11,13H,5-6H2,1-4H3,(H,16,20)/t13-/m0/s1. The summed E-state index contributed by atoms with van der Waals surface area (Å²) in [5.74, 6) is -0.0867. The molecule has 0 radical (unpaired) electrons. The van der Waals surface area contributed by atoms with Gasteiger partial charge in [0.25, 0.3) is 0 Å². The Kier molecular flexibility index (Phi) is 6.03. The second-order valence-electron chi connectivity index (χ2n) is 4.70. The van der Waals surface area contributed by atoms with Crippen LogP contribution in [0.2, 0.25) is 0 Å². The molecular formula is C15H23N3O2. The van der Waals surface area contributed by atoms with Gasteiger partial charge in [-0.15, -0.1) is 0 Å². The molecule has 1 aromatic rings. The second-order valence-corrected chi connectivity index (χ2v) is 4.70. The minimum Gasteiger partial charge on any atom is -0.341 e. The highest BCUT2D eigenvalue weighted by molar-refractivity contribution is 5.88. The number of carbonyl (C=O) groups is 2. The fourth-order valence-electron chi connectivity index (χ4n) is 1.90. The van der Waals surface area contributed by atoms with Crippen molar-refractivity contribution in [3.05, 3.63) is 35.9 Å². The Morgan fingerprint density at radius 1 is 1.10 bits per heavy atom. The average molecular weight is 277 g/mol. The number of hydrogen-bond donors (Lipinski definition) is 1. The molecule has 0 aliphatic heterocycles. The molecule has 3 amide bonds. The number of nitrogens with zero attached hydrogens (tertiary/aromatic N) is 2. The smallest absolute Gasteiger partial charge is 0.317 e. The zero-order valence-electron chi connectivity index (χ0n) is 12.6. The van der Waals surface area contributed by atoms with Gasteiger partial charge in [0.2, 0.25) is 5.91 Å². The predicted octanol–water partition coefficient (Wildman–Crippen LogP) is 1.87. The van der Waals surface area contributed by atoms with Crippen LogP contribution in [-0.2, 0) is 4.79 Å². The summed E-state index contributed by atoms with van der Waals surface area (Å²) >= 11 is 0. The first kappa shape index (κ1) is 16.0. The van der Waals surface area contributed by atoms with Crippen LogP contribution in [0.4, 0.5) is 4.79 Å². The molecule has 1 atom stereocenters. The topological polar surface area (TPSA) is 52.7 Å². The number of hydrogen-bond acceptors (Lipinski definition) is 2. The Morgan fingerprint density at radius 3 is 2.10 bits per heavy atom. The highest BCUT2D eigenvalue weighted by Crippen LogP contribution is 2.16. The Hall–Kier alpha value is -2.04. The molecule has 20 heavy (non-hydrogen) atoms. The van der Waals surface area contributed by atoms with Gasteiger partial charge in [-0.25, -0.2) is 4.79 Å². The highest BCUT2D eigenvalue weighted by Gasteiger charge is 2.26. The lowest BCUT2D eigenvalue weighted by atomic mass is 10.1. The molecule has 0 bridgehead atoms. The van der Waals surface area contributed by atoms with Crippen LogP contribution >= 0.6 is 0 Å². The largest absolute Gasteiger partial charge is 0.341 e. The fraction of sp³-hybridized carbons (Fsp3) is 0.467. The molecule has 0 heterocycles. The number of rotatable bonds is 5. The third-order valence-corrected chi connectivity index (χ3v) is 3.13. The van der Waals surface area contributed by atoms with E-state index in [1.54, 1.807) is 19.0 Å². The average Bonchev–Trinajstić information content (AvgIpc) is 2.46. The van der Waals surface area contributed by atoms with Gasteiger partial charge >= 0.3 is 6.03 Å². The van der Waals surface area contributed by atoms with E-state index < -0.39 is 6.04 Å². The van der Waals surface area contributed by atoms with Crippen LogP contribution < -0.4 is 5.32 Å². The lowest BCUT2D eigenvalue weighted by Crippen LogP contribution is -2.45. The van der Waals surface area contributed by atoms with Gasteiger partial charge in [0.05, 0.1) is 0 Å². The van der Waals surface area contributed by atoms with Crippen molar-refractivity contribution in [1.29, 1.82) is 0 Å². The van der Waals surface area contributed by atoms with E-state index >= 15 is 0 Å². The van der Waals surface area contributed by atoms with E-state index in [2.05, 4.69) is 5.32 Å². The van der Waals surface area contributed by atoms with Crippen molar-refractivity contribution in [1.82, 2.24) is 15.1 Å². The quantitative estimate of drug-likeness (QED) is 0.893. The number of benzene rings is 1. The summed E-state index contributed by atoms with van der Waals surface area (Å²) in [5, 5.41) is 2.78. The van der Waals surface area contributed by atoms with Crippen molar-refractivity contribution in [3.8, 4) is 0 Å². The Bertz CT molecular complexity index is 442. The van der Waals surface area contributed by atoms with Crippen LogP contribution in [0.3, 0.4) is 0 Å². The van der Waals surface area contributed by atoms with Gasteiger partial charge in [-0.05, 0) is 19.4 Å². The van der Waals surface area contributed by atoms with E-state index in [-0.39, 0.29) is 11.9 Å². The summed E-state index contributed by atoms with van der Waals surface area (Å²) in [5.41, 5.74) is 0.791. The van der Waals surface area contributed by atoms with E-state index in [1.807, 2.05) is 44.2 Å². The summed E-state index contributed by atoms with van der Waals surface area (Å²) in [6.07, 6.45) is 0. The fourth-order valence-corrected chi connectivity index (χ4v) is 1.90. The Labute approximate surface area is 120 Å². The van der Waals surface area contributed by atoms with Crippen LogP contribution in [0.15, 0.2) is 30.3 Å². The molecule has 1 N–H and O–H groups in total. The molecular weight excluding hydrogens is 254 g/mol. The lowest BCUT2D eigenvalue weighted by Gasteiger charge is -2.27. The SMILES string of the molecule is CCN(CC)C(=O)[C@@H](NC(=O)N(C)C)c1ccccc1. The van der Waals surface area contributed by atoms with Crippen LogP contribution in [0.5, 0.6) is 0 Å². The molecule has 1 aromatic carbocycles. The lowest BCUT2D eigenvalue weighted by molar-refractivity contribution is -0.133. The molecule has 5 heteroatoms. The van der Waals surface area contributed by atoms with E-state index in [4.69, 9.17) is 0 Å². The zero-order valence-corrected chi connectivity index (χ0v) is 12.6. The molecule has 5 nitrogen and oxygen atoms in total. The maximum atomic E-state index is 12.6. The molecule has 0 aromatic heterocycles. The second kappa shape index (κ2) is 7.53. The first-order chi connectivity index (χ1) is 9.51. The minimum atomic E-state index is -0.647. The van der Waals surface area contributed by atoms with Crippen molar-refractivity contribution in [3.63, 3.8) is 0 Å². The predicted molar refractivity (Wildman–Crippen MR) is 79.3 cm³/mol. The van der Waals surface area contributed by atoms with Gasteiger partial charge in [-0.2, -0.15) is 0 Å². The van der Waals surface area contributed by atoms with Crippen molar-refractivity contribution >= 4 is 11.9 Å². The number of carbonyl (C=O) groups excluding carboxylic acids is 2. The maximum absolute atomic E-state index is 12.6. The molecule has 0 saturated heterocycles. The van der Waals surface area contributed by atoms with Gasteiger partial charge in [0.1, 0.15) is 6.04 Å². The molecule has 0 saturated carbocycles. The zero-order chi connectivity index (χ0) is 15.1. The highest BCUT2D eigenvalue weighted by atomic mass is 16.2. The summed E-state index contributed by atoms with van der Waals surface area (Å²) < 4.78 is 0.